The molecule has 0 aromatic carbocycles. The number of hydrogen-bond donors (Lipinski definition) is 1. The highest BCUT2D eigenvalue weighted by molar-refractivity contribution is 7.11. The van der Waals surface area contributed by atoms with Gasteiger partial charge in [-0.25, -0.2) is 0 Å². The molecule has 1 aromatic rings. The molecule has 0 aliphatic carbocycles. The molecule has 0 saturated carbocycles. The number of thiophene rings is 1. The summed E-state index contributed by atoms with van der Waals surface area (Å²) in [5.41, 5.74) is 0. The van der Waals surface area contributed by atoms with Gasteiger partial charge in [0.25, 0.3) is 0 Å². The second-order valence-electron chi connectivity index (χ2n) is 5.65. The van der Waals surface area contributed by atoms with Crippen molar-refractivity contribution in [2.24, 2.45) is 0 Å². The van der Waals surface area contributed by atoms with Crippen LogP contribution < -0.4 is 5.32 Å². The van der Waals surface area contributed by atoms with Gasteiger partial charge < -0.3 is 14.8 Å². The summed E-state index contributed by atoms with van der Waals surface area (Å²) in [6, 6.07) is 5.00. The molecule has 0 radical (unpaired) electrons. The van der Waals surface area contributed by atoms with E-state index in [1.807, 2.05) is 11.3 Å². The molecule has 20 heavy (non-hydrogen) atoms. The standard InChI is InChI=1S/C15H26N2O2S/c1-11(2)16-7-12-5-6-13(20-12)8-17-9-14(18-3)15(10-17)19-4/h5-6,11,14-16H,7-10H2,1-4H3. The predicted molar refractivity (Wildman–Crippen MR) is 83.2 cm³/mol. The van der Waals surface area contributed by atoms with E-state index in [1.165, 1.54) is 9.75 Å². The van der Waals surface area contributed by atoms with Crippen molar-refractivity contribution in [1.29, 1.82) is 0 Å². The van der Waals surface area contributed by atoms with Crippen molar-refractivity contribution in [2.45, 2.75) is 45.2 Å². The molecule has 2 unspecified atom stereocenters. The molecule has 1 aliphatic heterocycles. The van der Waals surface area contributed by atoms with Crippen LogP contribution in [0.2, 0.25) is 0 Å². The third-order valence-corrected chi connectivity index (χ3v) is 4.75. The number of methoxy groups -OCH3 is 2. The van der Waals surface area contributed by atoms with Gasteiger partial charge >= 0.3 is 0 Å². The molecule has 1 aromatic heterocycles. The Bertz CT molecular complexity index is 396. The molecule has 0 spiro atoms. The maximum atomic E-state index is 5.48. The summed E-state index contributed by atoms with van der Waals surface area (Å²) in [4.78, 5) is 5.23. The van der Waals surface area contributed by atoms with E-state index in [0.29, 0.717) is 6.04 Å². The number of nitrogens with one attached hydrogen (secondary N) is 1. The molecule has 0 bridgehead atoms. The molecule has 1 saturated heterocycles. The van der Waals surface area contributed by atoms with Gasteiger partial charge in [0.2, 0.25) is 0 Å². The topological polar surface area (TPSA) is 33.7 Å². The molecule has 2 rings (SSSR count). The van der Waals surface area contributed by atoms with Crippen molar-refractivity contribution >= 4 is 11.3 Å². The first-order valence-electron chi connectivity index (χ1n) is 7.21. The predicted octanol–water partition coefficient (Wildman–Crippen LogP) is 2.09. The summed E-state index contributed by atoms with van der Waals surface area (Å²) in [5, 5.41) is 3.46. The van der Waals surface area contributed by atoms with Crippen molar-refractivity contribution < 1.29 is 9.47 Å². The van der Waals surface area contributed by atoms with Crippen molar-refractivity contribution in [1.82, 2.24) is 10.2 Å². The number of ether oxygens (including phenoxy) is 2. The highest BCUT2D eigenvalue weighted by Crippen LogP contribution is 2.22. The zero-order valence-corrected chi connectivity index (χ0v) is 13.7. The summed E-state index contributed by atoms with van der Waals surface area (Å²) in [6.07, 6.45) is 0.393. The van der Waals surface area contributed by atoms with Crippen molar-refractivity contribution in [2.75, 3.05) is 27.3 Å². The third kappa shape index (κ3) is 4.27. The number of nitrogens with zero attached hydrogens (tertiary/aromatic N) is 1. The van der Waals surface area contributed by atoms with Gasteiger partial charge in [-0.2, -0.15) is 0 Å². The van der Waals surface area contributed by atoms with E-state index in [4.69, 9.17) is 9.47 Å². The quantitative estimate of drug-likeness (QED) is 0.836. The number of hydrogen-bond acceptors (Lipinski definition) is 5. The van der Waals surface area contributed by atoms with Crippen LogP contribution in [0, 0.1) is 0 Å². The van der Waals surface area contributed by atoms with Crippen LogP contribution in [0.4, 0.5) is 0 Å². The molecule has 1 aliphatic rings. The van der Waals surface area contributed by atoms with E-state index >= 15 is 0 Å². The molecule has 1 N–H and O–H groups in total. The second kappa shape index (κ2) is 7.52. The van der Waals surface area contributed by atoms with Gasteiger partial charge in [0.1, 0.15) is 0 Å². The summed E-state index contributed by atoms with van der Waals surface area (Å²) in [7, 11) is 3.53. The molecule has 1 fully saturated rings. The monoisotopic (exact) mass is 298 g/mol. The van der Waals surface area contributed by atoms with Gasteiger partial charge in [0, 0.05) is 56.2 Å². The molecule has 2 atom stereocenters. The van der Waals surface area contributed by atoms with E-state index < -0.39 is 0 Å². The zero-order chi connectivity index (χ0) is 14.5. The van der Waals surface area contributed by atoms with Crippen LogP contribution in [0.3, 0.4) is 0 Å². The van der Waals surface area contributed by atoms with E-state index in [2.05, 4.69) is 36.2 Å². The second-order valence-corrected chi connectivity index (χ2v) is 6.90. The molecular weight excluding hydrogens is 272 g/mol. The zero-order valence-electron chi connectivity index (χ0n) is 12.9. The minimum atomic E-state index is 0.196. The number of likely N-dealkylation sites (tertiary alicyclic amines) is 1. The fourth-order valence-corrected chi connectivity index (χ4v) is 3.54. The molecular formula is C15H26N2O2S. The van der Waals surface area contributed by atoms with Crippen molar-refractivity contribution in [3.8, 4) is 0 Å². The van der Waals surface area contributed by atoms with Crippen LogP contribution in [-0.2, 0) is 22.6 Å². The Morgan fingerprint density at radius 3 is 2.35 bits per heavy atom. The lowest BCUT2D eigenvalue weighted by atomic mass is 10.3. The van der Waals surface area contributed by atoms with E-state index in [0.717, 1.165) is 26.2 Å². The molecule has 114 valence electrons. The Morgan fingerprint density at radius 1 is 1.20 bits per heavy atom. The Balaban J connectivity index is 1.85. The summed E-state index contributed by atoms with van der Waals surface area (Å²) in [6.45, 7) is 8.21. The minimum absolute atomic E-state index is 0.196. The van der Waals surface area contributed by atoms with Crippen LogP contribution in [0.5, 0.6) is 0 Å². The fraction of sp³-hybridized carbons (Fsp3) is 0.733. The summed E-state index contributed by atoms with van der Waals surface area (Å²) in [5.74, 6) is 0. The molecule has 5 heteroatoms. The van der Waals surface area contributed by atoms with Gasteiger partial charge in [-0.1, -0.05) is 13.8 Å². The summed E-state index contributed by atoms with van der Waals surface area (Å²) >= 11 is 1.89. The normalized spacial score (nSPS) is 23.9. The average Bonchev–Trinajstić information content (AvgIpc) is 3.03. The van der Waals surface area contributed by atoms with E-state index in [-0.39, 0.29) is 12.2 Å². The Labute approximate surface area is 126 Å². The lowest BCUT2D eigenvalue weighted by Gasteiger charge is -2.13. The maximum Gasteiger partial charge on any atom is 0.0971 e. The van der Waals surface area contributed by atoms with Crippen molar-refractivity contribution in [3.63, 3.8) is 0 Å². The van der Waals surface area contributed by atoms with Crippen LogP contribution in [0.25, 0.3) is 0 Å². The Morgan fingerprint density at radius 2 is 1.80 bits per heavy atom. The first kappa shape index (κ1) is 15.9. The minimum Gasteiger partial charge on any atom is -0.377 e. The van der Waals surface area contributed by atoms with Crippen LogP contribution >= 0.6 is 11.3 Å². The first-order chi connectivity index (χ1) is 9.62. The van der Waals surface area contributed by atoms with Gasteiger partial charge in [0.15, 0.2) is 0 Å². The lowest BCUT2D eigenvalue weighted by Crippen LogP contribution is -2.27. The molecule has 2 heterocycles. The highest BCUT2D eigenvalue weighted by atomic mass is 32.1. The number of rotatable bonds is 7. The SMILES string of the molecule is COC1CN(Cc2ccc(CNC(C)C)s2)CC1OC. The van der Waals surface area contributed by atoms with E-state index in [9.17, 15) is 0 Å². The Hall–Kier alpha value is -0.460. The summed E-state index contributed by atoms with van der Waals surface area (Å²) < 4.78 is 11.0. The maximum absolute atomic E-state index is 5.48. The largest absolute Gasteiger partial charge is 0.377 e. The van der Waals surface area contributed by atoms with Crippen LogP contribution in [0.15, 0.2) is 12.1 Å². The Kier molecular flexibility index (Phi) is 5.99. The van der Waals surface area contributed by atoms with Crippen LogP contribution in [-0.4, -0.2) is 50.5 Å². The average molecular weight is 298 g/mol. The fourth-order valence-electron chi connectivity index (χ4n) is 2.53. The third-order valence-electron chi connectivity index (χ3n) is 3.68. The van der Waals surface area contributed by atoms with Crippen molar-refractivity contribution in [3.05, 3.63) is 21.9 Å². The molecule has 0 amide bonds. The van der Waals surface area contributed by atoms with E-state index in [1.54, 1.807) is 14.2 Å². The van der Waals surface area contributed by atoms with Gasteiger partial charge in [-0.15, -0.1) is 11.3 Å². The highest BCUT2D eigenvalue weighted by Gasteiger charge is 2.32. The molecule has 4 nitrogen and oxygen atoms in total. The lowest BCUT2D eigenvalue weighted by molar-refractivity contribution is -0.00461. The smallest absolute Gasteiger partial charge is 0.0971 e. The first-order valence-corrected chi connectivity index (χ1v) is 8.03. The van der Waals surface area contributed by atoms with Gasteiger partial charge in [-0.05, 0) is 12.1 Å². The van der Waals surface area contributed by atoms with Crippen LogP contribution in [0.1, 0.15) is 23.6 Å². The van der Waals surface area contributed by atoms with Gasteiger partial charge in [-0.3, -0.25) is 4.90 Å². The van der Waals surface area contributed by atoms with Gasteiger partial charge in [0.05, 0.1) is 12.2 Å².